The molecule has 1 atom stereocenters. The number of carbonyl (C=O) groups is 1. The highest BCUT2D eigenvalue weighted by Crippen LogP contribution is 2.21. The smallest absolute Gasteiger partial charge is 0.319 e. The fraction of sp³-hybridized carbons (Fsp3) is 0.929. The molecule has 0 bridgehead atoms. The third-order valence-corrected chi connectivity index (χ3v) is 3.91. The fourth-order valence-corrected chi connectivity index (χ4v) is 2.89. The second kappa shape index (κ2) is 11.5. The van der Waals surface area contributed by atoms with E-state index in [4.69, 9.17) is 4.74 Å². The van der Waals surface area contributed by atoms with Crippen molar-refractivity contribution in [1.82, 2.24) is 0 Å². The minimum Gasteiger partial charge on any atom is -0.462 e. The van der Waals surface area contributed by atoms with Crippen molar-refractivity contribution in [3.05, 3.63) is 0 Å². The van der Waals surface area contributed by atoms with E-state index >= 15 is 0 Å². The molecule has 0 heterocycles. The van der Waals surface area contributed by atoms with Crippen LogP contribution in [-0.2, 0) is 9.53 Å². The van der Waals surface area contributed by atoms with E-state index in [2.05, 4.69) is 0 Å². The number of rotatable bonds is 11. The van der Waals surface area contributed by atoms with Crippen LogP contribution >= 0.6 is 11.8 Å². The molecule has 114 valence electrons. The summed E-state index contributed by atoms with van der Waals surface area (Å²) in [6.07, 6.45) is 1.71. The van der Waals surface area contributed by atoms with Crippen LogP contribution in [0.2, 0.25) is 0 Å². The van der Waals surface area contributed by atoms with Crippen molar-refractivity contribution in [2.75, 3.05) is 5.75 Å². The molecule has 19 heavy (non-hydrogen) atoms. The minimum atomic E-state index is -2.19. The third-order valence-electron chi connectivity index (χ3n) is 2.55. The van der Waals surface area contributed by atoms with Crippen LogP contribution < -0.4 is 0 Å². The van der Waals surface area contributed by atoms with Gasteiger partial charge in [0.2, 0.25) is 6.43 Å². The van der Waals surface area contributed by atoms with Gasteiger partial charge in [0.15, 0.2) is 0 Å². The second-order valence-corrected chi connectivity index (χ2v) is 6.18. The second-order valence-electron chi connectivity index (χ2n) is 4.87. The topological polar surface area (TPSA) is 26.3 Å². The Kier molecular flexibility index (Phi) is 11.3. The zero-order valence-electron chi connectivity index (χ0n) is 12.2. The van der Waals surface area contributed by atoms with E-state index in [1.54, 1.807) is 11.8 Å². The molecule has 0 N–H and O–H groups in total. The number of esters is 1. The lowest BCUT2D eigenvalue weighted by Gasteiger charge is -2.16. The van der Waals surface area contributed by atoms with Crippen molar-refractivity contribution in [3.63, 3.8) is 0 Å². The van der Waals surface area contributed by atoms with Gasteiger partial charge in [-0.15, -0.1) is 11.8 Å². The van der Waals surface area contributed by atoms with Gasteiger partial charge in [-0.1, -0.05) is 19.8 Å². The number of hydrogen-bond acceptors (Lipinski definition) is 3. The summed E-state index contributed by atoms with van der Waals surface area (Å²) < 4.78 is 29.1. The quantitative estimate of drug-likeness (QED) is 0.409. The van der Waals surface area contributed by atoms with E-state index in [0.29, 0.717) is 6.42 Å². The number of halogens is 2. The van der Waals surface area contributed by atoms with Crippen molar-refractivity contribution >= 4 is 17.7 Å². The van der Waals surface area contributed by atoms with E-state index in [-0.39, 0.29) is 23.7 Å². The van der Waals surface area contributed by atoms with Crippen LogP contribution in [0.3, 0.4) is 0 Å². The van der Waals surface area contributed by atoms with Crippen LogP contribution in [0.4, 0.5) is 8.78 Å². The van der Waals surface area contributed by atoms with Crippen molar-refractivity contribution < 1.29 is 18.3 Å². The molecular formula is C14H26F2O2S. The van der Waals surface area contributed by atoms with Gasteiger partial charge in [0.1, 0.15) is 5.25 Å². The monoisotopic (exact) mass is 296 g/mol. The van der Waals surface area contributed by atoms with Crippen molar-refractivity contribution in [3.8, 4) is 0 Å². The van der Waals surface area contributed by atoms with Gasteiger partial charge in [-0.25, -0.2) is 8.78 Å². The standard InChI is InChI=1S/C14H26F2O2S/c1-4-8-12(14(17)18-11(2)3)19-10-7-5-6-9-13(15)16/h11-13H,4-10H2,1-3H3. The molecule has 0 radical (unpaired) electrons. The summed E-state index contributed by atoms with van der Waals surface area (Å²) in [6.45, 7) is 5.73. The molecule has 0 aromatic rings. The maximum atomic E-state index is 11.9. The Morgan fingerprint density at radius 3 is 2.37 bits per heavy atom. The molecular weight excluding hydrogens is 270 g/mol. The Bertz CT molecular complexity index is 235. The first-order valence-electron chi connectivity index (χ1n) is 7.07. The Balaban J connectivity index is 3.79. The lowest BCUT2D eigenvalue weighted by atomic mass is 10.2. The summed E-state index contributed by atoms with van der Waals surface area (Å²) in [5.74, 6) is 0.690. The molecule has 2 nitrogen and oxygen atoms in total. The van der Waals surface area contributed by atoms with Gasteiger partial charge in [0.25, 0.3) is 0 Å². The minimum absolute atomic E-state index is 0.0154. The van der Waals surface area contributed by atoms with Gasteiger partial charge in [-0.05, 0) is 38.9 Å². The molecule has 0 saturated carbocycles. The molecule has 5 heteroatoms. The molecule has 0 rings (SSSR count). The van der Waals surface area contributed by atoms with E-state index in [9.17, 15) is 13.6 Å². The number of unbranched alkanes of at least 4 members (excludes halogenated alkanes) is 2. The third kappa shape index (κ3) is 11.2. The molecule has 1 unspecified atom stereocenters. The van der Waals surface area contributed by atoms with E-state index in [0.717, 1.165) is 31.4 Å². The highest BCUT2D eigenvalue weighted by Gasteiger charge is 2.20. The highest BCUT2D eigenvalue weighted by atomic mass is 32.2. The number of thioether (sulfide) groups is 1. The van der Waals surface area contributed by atoms with Crippen molar-refractivity contribution in [1.29, 1.82) is 0 Å². The number of hydrogen-bond donors (Lipinski definition) is 0. The zero-order valence-corrected chi connectivity index (χ0v) is 13.0. The summed E-state index contributed by atoms with van der Waals surface area (Å²) in [7, 11) is 0. The van der Waals surface area contributed by atoms with Crippen LogP contribution in [0.1, 0.15) is 59.3 Å². The van der Waals surface area contributed by atoms with Crippen LogP contribution in [-0.4, -0.2) is 29.5 Å². The Labute approximate surface area is 119 Å². The van der Waals surface area contributed by atoms with Gasteiger partial charge in [-0.3, -0.25) is 4.79 Å². The Morgan fingerprint density at radius 1 is 1.16 bits per heavy atom. The summed E-state index contributed by atoms with van der Waals surface area (Å²) in [5.41, 5.74) is 0. The predicted octanol–water partition coefficient (Wildman–Crippen LogP) is 4.67. The SMILES string of the molecule is CCCC(SCCCCCC(F)F)C(=O)OC(C)C. The summed E-state index contributed by atoms with van der Waals surface area (Å²) in [4.78, 5) is 11.8. The Morgan fingerprint density at radius 2 is 1.84 bits per heavy atom. The molecule has 0 spiro atoms. The van der Waals surface area contributed by atoms with Crippen LogP contribution in [0.25, 0.3) is 0 Å². The fourth-order valence-electron chi connectivity index (χ4n) is 1.64. The average molecular weight is 296 g/mol. The van der Waals surface area contributed by atoms with Crippen molar-refractivity contribution in [2.24, 2.45) is 0 Å². The van der Waals surface area contributed by atoms with Crippen LogP contribution in [0.15, 0.2) is 0 Å². The molecule has 0 amide bonds. The molecule has 0 aliphatic carbocycles. The lowest BCUT2D eigenvalue weighted by Crippen LogP contribution is -2.23. The molecule has 0 aromatic carbocycles. The first-order valence-corrected chi connectivity index (χ1v) is 8.12. The average Bonchev–Trinajstić information content (AvgIpc) is 2.30. The van der Waals surface area contributed by atoms with Gasteiger partial charge >= 0.3 is 5.97 Å². The maximum Gasteiger partial charge on any atom is 0.319 e. The maximum absolute atomic E-state index is 11.9. The van der Waals surface area contributed by atoms with Gasteiger partial charge in [0.05, 0.1) is 6.10 Å². The van der Waals surface area contributed by atoms with Gasteiger partial charge in [0, 0.05) is 6.42 Å². The number of carbonyl (C=O) groups excluding carboxylic acids is 1. The first kappa shape index (κ1) is 18.7. The largest absolute Gasteiger partial charge is 0.462 e. The predicted molar refractivity (Wildman–Crippen MR) is 76.9 cm³/mol. The van der Waals surface area contributed by atoms with Crippen LogP contribution in [0.5, 0.6) is 0 Å². The summed E-state index contributed by atoms with van der Waals surface area (Å²) in [5, 5.41) is -0.109. The van der Waals surface area contributed by atoms with Gasteiger partial charge < -0.3 is 4.74 Å². The van der Waals surface area contributed by atoms with Gasteiger partial charge in [-0.2, -0.15) is 0 Å². The molecule has 0 aliphatic heterocycles. The van der Waals surface area contributed by atoms with Crippen molar-refractivity contribution in [2.45, 2.75) is 77.1 Å². The first-order chi connectivity index (χ1) is 8.97. The number of alkyl halides is 2. The number of ether oxygens (including phenoxy) is 1. The molecule has 0 aliphatic rings. The van der Waals surface area contributed by atoms with Crippen LogP contribution in [0, 0.1) is 0 Å². The lowest BCUT2D eigenvalue weighted by molar-refractivity contribution is -0.146. The van der Waals surface area contributed by atoms with E-state index in [1.807, 2.05) is 20.8 Å². The molecule has 0 fully saturated rings. The zero-order chi connectivity index (χ0) is 14.7. The highest BCUT2D eigenvalue weighted by molar-refractivity contribution is 8.00. The van der Waals surface area contributed by atoms with E-state index < -0.39 is 6.43 Å². The normalized spacial score (nSPS) is 13.0. The molecule has 0 aromatic heterocycles. The van der Waals surface area contributed by atoms with E-state index in [1.165, 1.54) is 0 Å². The Hall–Kier alpha value is -0.320. The summed E-state index contributed by atoms with van der Waals surface area (Å²) in [6, 6.07) is 0. The summed E-state index contributed by atoms with van der Waals surface area (Å²) >= 11 is 1.59. The molecule has 0 saturated heterocycles.